The molecule has 3 atom stereocenters. The third kappa shape index (κ3) is 2.83. The van der Waals surface area contributed by atoms with Crippen LogP contribution in [-0.4, -0.2) is 41.7 Å². The number of hydrogen-bond acceptors (Lipinski definition) is 5. The molecule has 4 rings (SSSR count). The van der Waals surface area contributed by atoms with Gasteiger partial charge in [-0.25, -0.2) is 4.79 Å². The van der Waals surface area contributed by atoms with E-state index in [1.54, 1.807) is 11.8 Å². The van der Waals surface area contributed by atoms with E-state index in [1.807, 2.05) is 12.1 Å². The highest BCUT2D eigenvalue weighted by molar-refractivity contribution is 8.00. The van der Waals surface area contributed by atoms with Crippen molar-refractivity contribution in [3.05, 3.63) is 23.3 Å². The zero-order chi connectivity index (χ0) is 16.8. The van der Waals surface area contributed by atoms with E-state index >= 15 is 0 Å². The van der Waals surface area contributed by atoms with Crippen LogP contribution in [0.5, 0.6) is 5.75 Å². The smallest absolute Gasteiger partial charge is 0.526 e. The lowest BCUT2D eigenvalue weighted by Gasteiger charge is -2.28. The molecule has 1 aliphatic carbocycles. The Morgan fingerprint density at radius 3 is 2.83 bits per heavy atom. The largest absolute Gasteiger partial charge is 0.535 e. The summed E-state index contributed by atoms with van der Waals surface area (Å²) in [6.07, 6.45) is 2.90. The quantitative estimate of drug-likeness (QED) is 0.644. The minimum Gasteiger partial charge on any atom is -0.535 e. The standard InChI is InChI=1S/C17H21BO5S/c1-9(10-4-6-22-7-5-10)24-14-3-2-11-12-8-13(12)18(21)23-16(11)15(14)17(19)20/h2-3,9-10,12-13,21H,4-8H2,1H3,(H,19,20). The Bertz CT molecular complexity index is 661. The summed E-state index contributed by atoms with van der Waals surface area (Å²) in [4.78, 5) is 12.6. The molecule has 1 saturated heterocycles. The van der Waals surface area contributed by atoms with E-state index < -0.39 is 13.1 Å². The molecule has 5 nitrogen and oxygen atoms in total. The van der Waals surface area contributed by atoms with Gasteiger partial charge >= 0.3 is 13.1 Å². The fourth-order valence-electron chi connectivity index (χ4n) is 3.88. The molecule has 7 heteroatoms. The van der Waals surface area contributed by atoms with Gasteiger partial charge in [-0.15, -0.1) is 11.8 Å². The number of carboxylic acids is 1. The van der Waals surface area contributed by atoms with Crippen molar-refractivity contribution < 1.29 is 24.3 Å². The predicted molar refractivity (Wildman–Crippen MR) is 92.0 cm³/mol. The molecule has 2 fully saturated rings. The van der Waals surface area contributed by atoms with Crippen molar-refractivity contribution in [1.82, 2.24) is 0 Å². The molecule has 2 N–H and O–H groups in total. The van der Waals surface area contributed by atoms with E-state index in [-0.39, 0.29) is 17.3 Å². The van der Waals surface area contributed by atoms with Gasteiger partial charge in [-0.05, 0) is 42.7 Å². The van der Waals surface area contributed by atoms with Gasteiger partial charge in [0.25, 0.3) is 0 Å². The summed E-state index contributed by atoms with van der Waals surface area (Å²) in [7, 11) is -0.881. The monoisotopic (exact) mass is 348 g/mol. The van der Waals surface area contributed by atoms with Crippen LogP contribution in [0.1, 0.15) is 48.0 Å². The van der Waals surface area contributed by atoms with Crippen molar-refractivity contribution >= 4 is 24.8 Å². The third-order valence-corrected chi connectivity index (χ3v) is 6.80. The van der Waals surface area contributed by atoms with E-state index in [1.165, 1.54) is 0 Å². The van der Waals surface area contributed by atoms with Crippen LogP contribution in [0.2, 0.25) is 5.82 Å². The maximum Gasteiger partial charge on any atom is 0.526 e. The number of rotatable bonds is 4. The lowest BCUT2D eigenvalue weighted by atomic mass is 9.77. The maximum atomic E-state index is 11.9. The number of fused-ring (bicyclic) bond motifs is 3. The highest BCUT2D eigenvalue weighted by Crippen LogP contribution is 2.60. The molecular weight excluding hydrogens is 327 g/mol. The molecule has 1 saturated carbocycles. The van der Waals surface area contributed by atoms with E-state index in [2.05, 4.69) is 6.92 Å². The maximum absolute atomic E-state index is 11.9. The zero-order valence-corrected chi connectivity index (χ0v) is 14.4. The van der Waals surface area contributed by atoms with Gasteiger partial charge in [0.15, 0.2) is 0 Å². The molecule has 0 radical (unpaired) electrons. The summed E-state index contributed by atoms with van der Waals surface area (Å²) in [5, 5.41) is 20.1. The normalized spacial score (nSPS) is 27.0. The topological polar surface area (TPSA) is 76.0 Å². The predicted octanol–water partition coefficient (Wildman–Crippen LogP) is 3.02. The fourth-order valence-corrected chi connectivity index (χ4v) is 5.19. The molecule has 0 aromatic heterocycles. The van der Waals surface area contributed by atoms with Crippen LogP contribution in [0.4, 0.5) is 0 Å². The molecule has 1 aromatic rings. The Balaban J connectivity index is 1.63. The first kappa shape index (κ1) is 16.3. The number of aromatic carboxylic acids is 1. The number of carbonyl (C=O) groups is 1. The Labute approximate surface area is 145 Å². The third-order valence-electron chi connectivity index (χ3n) is 5.45. The van der Waals surface area contributed by atoms with Crippen LogP contribution >= 0.6 is 11.8 Å². The Kier molecular flexibility index (Phi) is 4.27. The second-order valence-corrected chi connectivity index (χ2v) is 8.37. The fraction of sp³-hybridized carbons (Fsp3) is 0.588. The van der Waals surface area contributed by atoms with E-state index in [0.29, 0.717) is 16.9 Å². The van der Waals surface area contributed by atoms with Crippen LogP contribution in [0, 0.1) is 5.92 Å². The van der Waals surface area contributed by atoms with Gasteiger partial charge in [-0.2, -0.15) is 0 Å². The first-order valence-corrected chi connectivity index (χ1v) is 9.43. The molecule has 3 aliphatic rings. The summed E-state index contributed by atoms with van der Waals surface area (Å²) in [6.45, 7) is 3.71. The van der Waals surface area contributed by atoms with Crippen LogP contribution < -0.4 is 4.65 Å². The van der Waals surface area contributed by atoms with Gasteiger partial charge in [0.2, 0.25) is 0 Å². The number of carboxylic acid groups (broad SMARTS) is 1. The van der Waals surface area contributed by atoms with Gasteiger partial charge in [-0.3, -0.25) is 0 Å². The van der Waals surface area contributed by atoms with Gasteiger partial charge in [0, 0.05) is 29.2 Å². The second-order valence-electron chi connectivity index (χ2n) is 6.95. The first-order valence-electron chi connectivity index (χ1n) is 8.55. The minimum atomic E-state index is -0.986. The SMILES string of the molecule is CC(Sc1ccc2c(c1C(=O)O)OB(O)C1CC21)C1CCOCC1. The summed E-state index contributed by atoms with van der Waals surface area (Å²) >= 11 is 1.60. The van der Waals surface area contributed by atoms with Crippen molar-refractivity contribution in [2.24, 2.45) is 5.92 Å². The molecule has 0 amide bonds. The molecular formula is C17H21BO5S. The Morgan fingerprint density at radius 2 is 2.12 bits per heavy atom. The highest BCUT2D eigenvalue weighted by atomic mass is 32.2. The number of thioether (sulfide) groups is 1. The summed E-state index contributed by atoms with van der Waals surface area (Å²) < 4.78 is 11.0. The zero-order valence-electron chi connectivity index (χ0n) is 13.6. The molecule has 1 aromatic carbocycles. The Morgan fingerprint density at radius 1 is 1.38 bits per heavy atom. The van der Waals surface area contributed by atoms with Crippen LogP contribution in [0.15, 0.2) is 17.0 Å². The summed E-state index contributed by atoms with van der Waals surface area (Å²) in [5.74, 6) is 0.283. The number of hydrogen-bond donors (Lipinski definition) is 2. The second kappa shape index (κ2) is 6.28. The van der Waals surface area contributed by atoms with Crippen LogP contribution in [-0.2, 0) is 4.74 Å². The van der Waals surface area contributed by atoms with Crippen LogP contribution in [0.25, 0.3) is 0 Å². The van der Waals surface area contributed by atoms with Crippen molar-refractivity contribution in [3.63, 3.8) is 0 Å². The lowest BCUT2D eigenvalue weighted by molar-refractivity contribution is 0.0667. The molecule has 2 aliphatic heterocycles. The summed E-state index contributed by atoms with van der Waals surface area (Å²) in [5.41, 5.74) is 1.14. The molecule has 0 bridgehead atoms. The average molecular weight is 348 g/mol. The van der Waals surface area contributed by atoms with Gasteiger partial charge < -0.3 is 19.5 Å². The Hall–Kier alpha value is -1.18. The molecule has 128 valence electrons. The molecule has 24 heavy (non-hydrogen) atoms. The summed E-state index contributed by atoms with van der Waals surface area (Å²) in [6, 6.07) is 3.90. The van der Waals surface area contributed by atoms with Crippen molar-refractivity contribution in [2.75, 3.05) is 13.2 Å². The molecule has 3 unspecified atom stereocenters. The minimum absolute atomic E-state index is 0.124. The van der Waals surface area contributed by atoms with E-state index in [4.69, 9.17) is 9.39 Å². The van der Waals surface area contributed by atoms with Crippen molar-refractivity contribution in [3.8, 4) is 5.75 Å². The van der Waals surface area contributed by atoms with Crippen LogP contribution in [0.3, 0.4) is 0 Å². The van der Waals surface area contributed by atoms with Crippen molar-refractivity contribution in [1.29, 1.82) is 0 Å². The number of benzene rings is 1. The average Bonchev–Trinajstić information content (AvgIpc) is 3.36. The number of ether oxygens (including phenoxy) is 1. The van der Waals surface area contributed by atoms with Crippen molar-refractivity contribution in [2.45, 2.75) is 48.1 Å². The lowest BCUT2D eigenvalue weighted by Crippen LogP contribution is -2.28. The van der Waals surface area contributed by atoms with Gasteiger partial charge in [0.1, 0.15) is 11.3 Å². The molecule has 2 heterocycles. The van der Waals surface area contributed by atoms with E-state index in [9.17, 15) is 14.9 Å². The highest BCUT2D eigenvalue weighted by Gasteiger charge is 2.54. The van der Waals surface area contributed by atoms with Gasteiger partial charge in [-0.1, -0.05) is 13.0 Å². The first-order chi connectivity index (χ1) is 11.6. The van der Waals surface area contributed by atoms with E-state index in [0.717, 1.165) is 42.9 Å². The molecule has 0 spiro atoms. The van der Waals surface area contributed by atoms with Gasteiger partial charge in [0.05, 0.1) is 0 Å².